The van der Waals surface area contributed by atoms with Crippen LogP contribution in [0.15, 0.2) is 11.8 Å². The third kappa shape index (κ3) is 3.70. The van der Waals surface area contributed by atoms with Crippen LogP contribution in [0.3, 0.4) is 0 Å². The molecule has 0 amide bonds. The maximum absolute atomic E-state index is 11.4. The van der Waals surface area contributed by atoms with Crippen LogP contribution in [0.4, 0.5) is 0 Å². The van der Waals surface area contributed by atoms with Gasteiger partial charge in [-0.1, -0.05) is 20.8 Å². The molecule has 1 aliphatic carbocycles. The SMILES string of the molecule is CC(=O)C1CCC=C(O[Si](C)(C)C(C)(C)C)C1. The fourth-order valence-electron chi connectivity index (χ4n) is 1.78. The number of ketones is 1. The molecule has 1 rings (SSSR count). The molecule has 0 spiro atoms. The minimum absolute atomic E-state index is 0.180. The number of allylic oxidation sites excluding steroid dienone is 2. The Hall–Kier alpha value is -0.573. The molecule has 0 aliphatic heterocycles. The van der Waals surface area contributed by atoms with Crippen LogP contribution in [-0.2, 0) is 9.22 Å². The van der Waals surface area contributed by atoms with Gasteiger partial charge in [0.05, 0.1) is 5.76 Å². The van der Waals surface area contributed by atoms with E-state index in [4.69, 9.17) is 4.43 Å². The van der Waals surface area contributed by atoms with Gasteiger partial charge in [-0.2, -0.15) is 0 Å². The molecular weight excluding hydrogens is 228 g/mol. The molecule has 1 atom stereocenters. The molecule has 0 saturated carbocycles. The zero-order valence-corrected chi connectivity index (χ0v) is 13.1. The van der Waals surface area contributed by atoms with Gasteiger partial charge in [0.15, 0.2) is 0 Å². The molecule has 0 aromatic rings. The van der Waals surface area contributed by atoms with E-state index in [1.807, 2.05) is 0 Å². The molecule has 0 N–H and O–H groups in total. The van der Waals surface area contributed by atoms with Crippen molar-refractivity contribution in [3.05, 3.63) is 11.8 Å². The standard InChI is InChI=1S/C14H26O2Si/c1-11(15)12-8-7-9-13(10-12)16-17(5,6)14(2,3)4/h9,12H,7-8,10H2,1-6H3. The quantitative estimate of drug-likeness (QED) is 0.703. The molecule has 0 radical (unpaired) electrons. The molecule has 0 aromatic heterocycles. The molecule has 0 bridgehead atoms. The molecule has 0 saturated heterocycles. The number of carbonyl (C=O) groups is 1. The minimum Gasteiger partial charge on any atom is -0.547 e. The minimum atomic E-state index is -1.74. The molecule has 98 valence electrons. The van der Waals surface area contributed by atoms with Gasteiger partial charge in [0.2, 0.25) is 8.32 Å². The van der Waals surface area contributed by atoms with E-state index in [0.717, 1.165) is 25.0 Å². The summed E-state index contributed by atoms with van der Waals surface area (Å²) in [6.07, 6.45) is 4.95. The van der Waals surface area contributed by atoms with E-state index in [1.54, 1.807) is 6.92 Å². The predicted octanol–water partition coefficient (Wildman–Crippen LogP) is 4.28. The second kappa shape index (κ2) is 4.97. The maximum atomic E-state index is 11.4. The highest BCUT2D eigenvalue weighted by atomic mass is 28.4. The summed E-state index contributed by atoms with van der Waals surface area (Å²) in [5, 5.41) is 0.219. The van der Waals surface area contributed by atoms with Crippen LogP contribution in [-0.4, -0.2) is 14.1 Å². The number of rotatable bonds is 3. The average Bonchev–Trinajstić information content (AvgIpc) is 2.15. The zero-order chi connectivity index (χ0) is 13.3. The first-order valence-corrected chi connectivity index (χ1v) is 9.43. The summed E-state index contributed by atoms with van der Waals surface area (Å²) in [7, 11) is -1.74. The van der Waals surface area contributed by atoms with Crippen molar-refractivity contribution in [3.8, 4) is 0 Å². The molecule has 1 unspecified atom stereocenters. The third-order valence-electron chi connectivity index (χ3n) is 4.10. The van der Waals surface area contributed by atoms with E-state index >= 15 is 0 Å². The summed E-state index contributed by atoms with van der Waals surface area (Å²) in [5.74, 6) is 1.54. The van der Waals surface area contributed by atoms with Crippen molar-refractivity contribution in [1.82, 2.24) is 0 Å². The summed E-state index contributed by atoms with van der Waals surface area (Å²) >= 11 is 0. The lowest BCUT2D eigenvalue weighted by Gasteiger charge is -2.38. The summed E-state index contributed by atoms with van der Waals surface area (Å²) in [5.41, 5.74) is 0. The average molecular weight is 254 g/mol. The molecule has 0 fully saturated rings. The van der Waals surface area contributed by atoms with Crippen molar-refractivity contribution >= 4 is 14.1 Å². The molecule has 3 heteroatoms. The second-order valence-corrected chi connectivity index (χ2v) is 11.3. The van der Waals surface area contributed by atoms with Gasteiger partial charge in [-0.05, 0) is 44.0 Å². The Labute approximate surface area is 107 Å². The van der Waals surface area contributed by atoms with Gasteiger partial charge in [0.1, 0.15) is 5.78 Å². The Morgan fingerprint density at radius 3 is 2.47 bits per heavy atom. The van der Waals surface area contributed by atoms with Crippen LogP contribution in [0, 0.1) is 5.92 Å². The van der Waals surface area contributed by atoms with Crippen LogP contribution in [0.25, 0.3) is 0 Å². The van der Waals surface area contributed by atoms with Crippen molar-refractivity contribution in [2.24, 2.45) is 5.92 Å². The van der Waals surface area contributed by atoms with Crippen molar-refractivity contribution in [2.75, 3.05) is 0 Å². The highest BCUT2D eigenvalue weighted by Crippen LogP contribution is 2.39. The van der Waals surface area contributed by atoms with E-state index in [2.05, 4.69) is 39.9 Å². The molecule has 1 aliphatic rings. The summed E-state index contributed by atoms with van der Waals surface area (Å²) in [6, 6.07) is 0. The van der Waals surface area contributed by atoms with Gasteiger partial charge in [0.25, 0.3) is 0 Å². The van der Waals surface area contributed by atoms with Crippen molar-refractivity contribution in [2.45, 2.75) is 65.1 Å². The largest absolute Gasteiger partial charge is 0.547 e. The second-order valence-electron chi connectivity index (χ2n) is 6.62. The fraction of sp³-hybridized carbons (Fsp3) is 0.786. The summed E-state index contributed by atoms with van der Waals surface area (Å²) in [4.78, 5) is 11.4. The predicted molar refractivity (Wildman–Crippen MR) is 74.4 cm³/mol. The maximum Gasteiger partial charge on any atom is 0.250 e. The Balaban J connectivity index is 2.70. The van der Waals surface area contributed by atoms with Crippen LogP contribution < -0.4 is 0 Å². The van der Waals surface area contributed by atoms with Gasteiger partial charge in [-0.15, -0.1) is 0 Å². The van der Waals surface area contributed by atoms with Crippen LogP contribution >= 0.6 is 0 Å². The lowest BCUT2D eigenvalue weighted by molar-refractivity contribution is -0.121. The van der Waals surface area contributed by atoms with E-state index < -0.39 is 8.32 Å². The Morgan fingerprint density at radius 2 is 2.00 bits per heavy atom. The first-order chi connectivity index (χ1) is 7.63. The van der Waals surface area contributed by atoms with Gasteiger partial charge < -0.3 is 4.43 Å². The molecule has 0 aromatic carbocycles. The van der Waals surface area contributed by atoms with Crippen molar-refractivity contribution in [3.63, 3.8) is 0 Å². The zero-order valence-electron chi connectivity index (χ0n) is 12.1. The Morgan fingerprint density at radius 1 is 1.41 bits per heavy atom. The third-order valence-corrected chi connectivity index (χ3v) is 8.49. The molecule has 17 heavy (non-hydrogen) atoms. The lowest BCUT2D eigenvalue weighted by Crippen LogP contribution is -2.41. The van der Waals surface area contributed by atoms with Gasteiger partial charge >= 0.3 is 0 Å². The lowest BCUT2D eigenvalue weighted by atomic mass is 9.90. The van der Waals surface area contributed by atoms with Crippen LogP contribution in [0.5, 0.6) is 0 Å². The monoisotopic (exact) mass is 254 g/mol. The molecule has 0 heterocycles. The first kappa shape index (κ1) is 14.5. The van der Waals surface area contributed by atoms with E-state index in [0.29, 0.717) is 5.78 Å². The fourth-order valence-corrected chi connectivity index (χ4v) is 2.91. The number of Topliss-reactive ketones (excluding diaryl/α,β-unsaturated/α-hetero) is 1. The molecular formula is C14H26O2Si. The van der Waals surface area contributed by atoms with E-state index in [1.165, 1.54) is 0 Å². The van der Waals surface area contributed by atoms with E-state index in [9.17, 15) is 4.79 Å². The first-order valence-electron chi connectivity index (χ1n) is 6.52. The van der Waals surface area contributed by atoms with Crippen LogP contribution in [0.2, 0.25) is 18.1 Å². The normalized spacial score (nSPS) is 22.0. The number of hydrogen-bond acceptors (Lipinski definition) is 2. The summed E-state index contributed by atoms with van der Waals surface area (Å²) in [6.45, 7) is 12.9. The van der Waals surface area contributed by atoms with Crippen molar-refractivity contribution in [1.29, 1.82) is 0 Å². The van der Waals surface area contributed by atoms with Gasteiger partial charge in [0, 0.05) is 12.3 Å². The number of hydrogen-bond donors (Lipinski definition) is 0. The topological polar surface area (TPSA) is 26.3 Å². The van der Waals surface area contributed by atoms with E-state index in [-0.39, 0.29) is 11.0 Å². The number of carbonyl (C=O) groups excluding carboxylic acids is 1. The van der Waals surface area contributed by atoms with Crippen LogP contribution in [0.1, 0.15) is 47.0 Å². The van der Waals surface area contributed by atoms with Crippen molar-refractivity contribution < 1.29 is 9.22 Å². The Kier molecular flexibility index (Phi) is 4.23. The highest BCUT2D eigenvalue weighted by Gasteiger charge is 2.40. The van der Waals surface area contributed by atoms with Gasteiger partial charge in [-0.3, -0.25) is 4.79 Å². The molecule has 2 nitrogen and oxygen atoms in total. The Bertz CT molecular complexity index is 324. The van der Waals surface area contributed by atoms with Gasteiger partial charge in [-0.25, -0.2) is 0 Å². The highest BCUT2D eigenvalue weighted by molar-refractivity contribution is 6.74. The summed E-state index contributed by atoms with van der Waals surface area (Å²) < 4.78 is 6.27. The smallest absolute Gasteiger partial charge is 0.250 e.